The first-order chi connectivity index (χ1) is 25.9. The quantitative estimate of drug-likeness (QED) is 0.0276. The second kappa shape index (κ2) is 40.6. The lowest BCUT2D eigenvalue weighted by molar-refractivity contribution is -0.123. The first-order valence-electron chi connectivity index (χ1n) is 22.5. The fourth-order valence-electron chi connectivity index (χ4n) is 6.62. The van der Waals surface area contributed by atoms with Gasteiger partial charge in [0.1, 0.15) is 0 Å². The fourth-order valence-corrected chi connectivity index (χ4v) is 7.38. The van der Waals surface area contributed by atoms with Gasteiger partial charge in [-0.2, -0.15) is 0 Å². The van der Waals surface area contributed by atoms with Gasteiger partial charge in [0.15, 0.2) is 0 Å². The number of hydrogen-bond donors (Lipinski definition) is 4. The Morgan fingerprint density at radius 2 is 1.00 bits per heavy atom. The fraction of sp³-hybridized carbons (Fsp3) is 0.886. The summed E-state index contributed by atoms with van der Waals surface area (Å²) in [4.78, 5) is 22.7. The molecule has 314 valence electrons. The topological polar surface area (TPSA) is 131 Å². The molecule has 8 nitrogen and oxygen atoms in total. The Morgan fingerprint density at radius 1 is 0.604 bits per heavy atom. The zero-order valence-electron chi connectivity index (χ0n) is 34.8. The maximum atomic E-state index is 12.8. The van der Waals surface area contributed by atoms with E-state index >= 15 is 0 Å². The third-order valence-electron chi connectivity index (χ3n) is 10.0. The van der Waals surface area contributed by atoms with Crippen molar-refractivity contribution in [2.75, 3.05) is 19.8 Å². The minimum absolute atomic E-state index is 0.0759. The summed E-state index contributed by atoms with van der Waals surface area (Å²) in [6.07, 6.45) is 46.6. The van der Waals surface area contributed by atoms with E-state index < -0.39 is 20.0 Å². The summed E-state index contributed by atoms with van der Waals surface area (Å²) in [5.41, 5.74) is 5.37. The minimum Gasteiger partial charge on any atom is -0.387 e. The number of carbonyl (C=O) groups is 1. The number of phosphoric ester groups is 1. The van der Waals surface area contributed by atoms with E-state index in [2.05, 4.69) is 31.3 Å². The number of nitrogens with one attached hydrogen (secondary N) is 1. The van der Waals surface area contributed by atoms with Gasteiger partial charge in [-0.05, 0) is 32.1 Å². The van der Waals surface area contributed by atoms with Crippen LogP contribution < -0.4 is 11.1 Å². The van der Waals surface area contributed by atoms with Crippen molar-refractivity contribution < 1.29 is 28.4 Å². The summed E-state index contributed by atoms with van der Waals surface area (Å²) in [6.45, 7) is 4.13. The minimum atomic E-state index is -4.34. The van der Waals surface area contributed by atoms with Crippen molar-refractivity contribution in [3.8, 4) is 0 Å². The molecule has 0 aliphatic carbocycles. The zero-order valence-corrected chi connectivity index (χ0v) is 35.7. The van der Waals surface area contributed by atoms with Gasteiger partial charge in [0.2, 0.25) is 5.91 Å². The number of nitrogens with two attached hydrogens (primary N) is 1. The summed E-state index contributed by atoms with van der Waals surface area (Å²) in [6, 6.07) is -0.872. The Balaban J connectivity index is 4.21. The highest BCUT2D eigenvalue weighted by Gasteiger charge is 2.26. The van der Waals surface area contributed by atoms with Crippen LogP contribution in [0.15, 0.2) is 24.3 Å². The number of aliphatic hydroxyl groups excluding tert-OH is 1. The molecule has 3 atom stereocenters. The SMILES string of the molecule is CCCCCCCCCCCC/C=C/CC/C=C/C(O)C(COP(=O)(O)OCCN)NC(=O)CCCCCCCCCCCCCCCCCCCC. The van der Waals surface area contributed by atoms with Gasteiger partial charge in [0.05, 0.1) is 25.4 Å². The van der Waals surface area contributed by atoms with Crippen LogP contribution in [-0.4, -0.2) is 47.8 Å². The van der Waals surface area contributed by atoms with Crippen molar-refractivity contribution in [1.82, 2.24) is 5.32 Å². The molecule has 1 amide bonds. The molecule has 0 aliphatic heterocycles. The van der Waals surface area contributed by atoms with Crippen LogP contribution in [0.3, 0.4) is 0 Å². The summed E-state index contributed by atoms with van der Waals surface area (Å²) < 4.78 is 22.1. The molecule has 0 fully saturated rings. The number of aliphatic hydroxyl groups is 1. The predicted molar refractivity (Wildman–Crippen MR) is 226 cm³/mol. The molecule has 0 aromatic carbocycles. The van der Waals surface area contributed by atoms with Crippen LogP contribution in [0.25, 0.3) is 0 Å². The number of amides is 1. The molecular formula is C44H87N2O6P. The van der Waals surface area contributed by atoms with Gasteiger partial charge in [0, 0.05) is 13.0 Å². The van der Waals surface area contributed by atoms with Crippen LogP contribution >= 0.6 is 7.82 Å². The van der Waals surface area contributed by atoms with Crippen LogP contribution in [0.4, 0.5) is 0 Å². The second-order valence-corrected chi connectivity index (χ2v) is 16.7. The van der Waals surface area contributed by atoms with Crippen molar-refractivity contribution in [2.45, 2.75) is 231 Å². The Bertz CT molecular complexity index is 886. The van der Waals surface area contributed by atoms with Crippen molar-refractivity contribution in [3.05, 3.63) is 24.3 Å². The molecule has 0 aromatic heterocycles. The average Bonchev–Trinajstić information content (AvgIpc) is 3.14. The predicted octanol–water partition coefficient (Wildman–Crippen LogP) is 12.6. The highest BCUT2D eigenvalue weighted by molar-refractivity contribution is 7.47. The van der Waals surface area contributed by atoms with Crippen LogP contribution in [0.1, 0.15) is 219 Å². The molecular weight excluding hydrogens is 683 g/mol. The molecule has 0 rings (SSSR count). The number of phosphoric acid groups is 1. The van der Waals surface area contributed by atoms with Gasteiger partial charge in [-0.3, -0.25) is 13.8 Å². The third kappa shape index (κ3) is 39.0. The molecule has 3 unspecified atom stereocenters. The normalized spacial score (nSPS) is 14.3. The summed E-state index contributed by atoms with van der Waals surface area (Å²) in [7, 11) is -4.34. The van der Waals surface area contributed by atoms with Crippen LogP contribution in [-0.2, 0) is 18.4 Å². The van der Waals surface area contributed by atoms with Crippen molar-refractivity contribution in [2.24, 2.45) is 5.73 Å². The first-order valence-corrected chi connectivity index (χ1v) is 24.0. The molecule has 5 N–H and O–H groups in total. The maximum Gasteiger partial charge on any atom is 0.472 e. The average molecular weight is 771 g/mol. The number of hydrogen-bond acceptors (Lipinski definition) is 6. The second-order valence-electron chi connectivity index (χ2n) is 15.3. The Labute approximate surface area is 327 Å². The number of carbonyl (C=O) groups excluding carboxylic acids is 1. The molecule has 0 spiro atoms. The van der Waals surface area contributed by atoms with Crippen molar-refractivity contribution >= 4 is 13.7 Å². The zero-order chi connectivity index (χ0) is 38.9. The number of allylic oxidation sites excluding steroid dienone is 3. The van der Waals surface area contributed by atoms with Gasteiger partial charge in [-0.1, -0.05) is 205 Å². The van der Waals surface area contributed by atoms with Crippen LogP contribution in [0, 0.1) is 0 Å². The molecule has 0 saturated carbocycles. The molecule has 9 heteroatoms. The maximum absolute atomic E-state index is 12.8. The van der Waals surface area contributed by atoms with E-state index in [-0.39, 0.29) is 25.7 Å². The molecule has 0 radical (unpaired) electrons. The van der Waals surface area contributed by atoms with E-state index in [9.17, 15) is 19.4 Å². The van der Waals surface area contributed by atoms with E-state index in [4.69, 9.17) is 14.8 Å². The van der Waals surface area contributed by atoms with Crippen LogP contribution in [0.5, 0.6) is 0 Å². The molecule has 0 aromatic rings. The molecule has 0 bridgehead atoms. The Morgan fingerprint density at radius 3 is 1.45 bits per heavy atom. The highest BCUT2D eigenvalue weighted by Crippen LogP contribution is 2.43. The molecule has 0 heterocycles. The molecule has 53 heavy (non-hydrogen) atoms. The van der Waals surface area contributed by atoms with Gasteiger partial charge in [-0.15, -0.1) is 0 Å². The molecule has 0 saturated heterocycles. The van der Waals surface area contributed by atoms with E-state index in [0.29, 0.717) is 6.42 Å². The Hall–Kier alpha value is -1.02. The van der Waals surface area contributed by atoms with Crippen molar-refractivity contribution in [3.63, 3.8) is 0 Å². The smallest absolute Gasteiger partial charge is 0.387 e. The van der Waals surface area contributed by atoms with E-state index in [1.54, 1.807) is 6.08 Å². The Kier molecular flexibility index (Phi) is 39.9. The van der Waals surface area contributed by atoms with E-state index in [0.717, 1.165) is 38.5 Å². The van der Waals surface area contributed by atoms with Crippen LogP contribution in [0.2, 0.25) is 0 Å². The summed E-state index contributed by atoms with van der Waals surface area (Å²) in [5, 5.41) is 13.7. The van der Waals surface area contributed by atoms with E-state index in [1.165, 1.54) is 161 Å². The molecule has 0 aliphatic rings. The largest absolute Gasteiger partial charge is 0.472 e. The summed E-state index contributed by atoms with van der Waals surface area (Å²) in [5.74, 6) is -0.201. The standard InChI is InChI=1S/C44H87N2O6P/c1-3-5-7-9-11-13-15-17-19-21-22-24-26-28-30-32-34-36-38-44(48)46-42(41-52-53(49,50)51-40-39-45)43(47)37-35-33-31-29-27-25-23-20-18-16-14-12-10-8-6-4-2/h27,29,35,37,42-43,47H,3-26,28,30-34,36,38-41,45H2,1-2H3,(H,46,48)(H,49,50)/b29-27+,37-35+. The lowest BCUT2D eigenvalue weighted by Crippen LogP contribution is -2.45. The third-order valence-corrected chi connectivity index (χ3v) is 11.0. The highest BCUT2D eigenvalue weighted by atomic mass is 31.2. The van der Waals surface area contributed by atoms with Crippen molar-refractivity contribution in [1.29, 1.82) is 0 Å². The lowest BCUT2D eigenvalue weighted by Gasteiger charge is -2.23. The first kappa shape index (κ1) is 52.0. The van der Waals surface area contributed by atoms with E-state index in [1.807, 2.05) is 6.08 Å². The van der Waals surface area contributed by atoms with Gasteiger partial charge in [0.25, 0.3) is 0 Å². The number of rotatable bonds is 42. The lowest BCUT2D eigenvalue weighted by atomic mass is 10.0. The van der Waals surface area contributed by atoms with Gasteiger partial charge < -0.3 is 21.1 Å². The van der Waals surface area contributed by atoms with Gasteiger partial charge >= 0.3 is 7.82 Å². The van der Waals surface area contributed by atoms with Gasteiger partial charge in [-0.25, -0.2) is 4.57 Å². The number of unbranched alkanes of at least 4 members (excludes halogenated alkanes) is 28. The summed E-state index contributed by atoms with van der Waals surface area (Å²) >= 11 is 0. The monoisotopic (exact) mass is 771 g/mol.